The van der Waals surface area contributed by atoms with E-state index >= 15 is 0 Å². The van der Waals surface area contributed by atoms with E-state index in [2.05, 4.69) is 32.6 Å². The van der Waals surface area contributed by atoms with Crippen LogP contribution in [0.2, 0.25) is 0 Å². The maximum absolute atomic E-state index is 10.3. The van der Waals surface area contributed by atoms with E-state index in [4.69, 9.17) is 0 Å². The van der Waals surface area contributed by atoms with Crippen LogP contribution in [0.1, 0.15) is 36.5 Å². The summed E-state index contributed by atoms with van der Waals surface area (Å²) < 4.78 is 0. The third kappa shape index (κ3) is 2.93. The molecule has 0 fully saturated rings. The monoisotopic (exact) mass is 204 g/mol. The summed E-state index contributed by atoms with van der Waals surface area (Å²) in [5, 5.41) is 10.3. The zero-order valence-corrected chi connectivity index (χ0v) is 9.88. The Labute approximate surface area is 92.5 Å². The van der Waals surface area contributed by atoms with E-state index in [1.54, 1.807) is 0 Å². The van der Waals surface area contributed by atoms with Crippen LogP contribution in [0.25, 0.3) is 0 Å². The third-order valence-electron chi connectivity index (χ3n) is 2.96. The molecule has 15 heavy (non-hydrogen) atoms. The maximum atomic E-state index is 10.3. The van der Waals surface area contributed by atoms with Gasteiger partial charge in [-0.15, -0.1) is 6.58 Å². The van der Waals surface area contributed by atoms with Crippen molar-refractivity contribution in [3.8, 4) is 0 Å². The molecular weight excluding hydrogens is 184 g/mol. The van der Waals surface area contributed by atoms with Crippen LogP contribution in [0.3, 0.4) is 0 Å². The Morgan fingerprint density at radius 1 is 1.33 bits per heavy atom. The van der Waals surface area contributed by atoms with Crippen molar-refractivity contribution >= 4 is 0 Å². The minimum Gasteiger partial charge on any atom is -0.385 e. The fourth-order valence-electron chi connectivity index (χ4n) is 1.60. The van der Waals surface area contributed by atoms with Crippen LogP contribution in [-0.4, -0.2) is 5.11 Å². The lowest BCUT2D eigenvalue weighted by atomic mass is 9.89. The topological polar surface area (TPSA) is 20.2 Å². The van der Waals surface area contributed by atoms with Gasteiger partial charge in [0.25, 0.3) is 0 Å². The largest absolute Gasteiger partial charge is 0.385 e. The second-order valence-corrected chi connectivity index (χ2v) is 4.40. The molecule has 1 rings (SSSR count). The van der Waals surface area contributed by atoms with E-state index in [9.17, 15) is 5.11 Å². The molecule has 1 aromatic carbocycles. The first-order valence-corrected chi connectivity index (χ1v) is 5.38. The molecule has 0 saturated heterocycles. The van der Waals surface area contributed by atoms with Crippen molar-refractivity contribution in [3.05, 3.63) is 47.5 Å². The molecule has 1 unspecified atom stereocenters. The first-order valence-electron chi connectivity index (χ1n) is 5.38. The highest BCUT2D eigenvalue weighted by molar-refractivity contribution is 5.32. The van der Waals surface area contributed by atoms with Crippen molar-refractivity contribution in [1.29, 1.82) is 0 Å². The summed E-state index contributed by atoms with van der Waals surface area (Å²) in [7, 11) is 0. The smallest absolute Gasteiger partial charge is 0.0871 e. The second-order valence-electron chi connectivity index (χ2n) is 4.40. The summed E-state index contributed by atoms with van der Waals surface area (Å²) >= 11 is 0. The Kier molecular flexibility index (Phi) is 3.70. The van der Waals surface area contributed by atoms with Crippen molar-refractivity contribution in [2.75, 3.05) is 0 Å². The Balaban J connectivity index is 2.93. The van der Waals surface area contributed by atoms with Gasteiger partial charge in [-0.2, -0.15) is 0 Å². The van der Waals surface area contributed by atoms with Crippen molar-refractivity contribution in [1.82, 2.24) is 0 Å². The first kappa shape index (κ1) is 12.0. The number of aryl methyl sites for hydroxylation is 2. The van der Waals surface area contributed by atoms with Crippen LogP contribution < -0.4 is 0 Å². The number of rotatable bonds is 4. The van der Waals surface area contributed by atoms with Crippen LogP contribution in [0.15, 0.2) is 30.9 Å². The van der Waals surface area contributed by atoms with Gasteiger partial charge < -0.3 is 5.11 Å². The fraction of sp³-hybridized carbons (Fsp3) is 0.429. The van der Waals surface area contributed by atoms with Crippen molar-refractivity contribution in [2.24, 2.45) is 0 Å². The van der Waals surface area contributed by atoms with E-state index < -0.39 is 5.60 Å². The van der Waals surface area contributed by atoms with Gasteiger partial charge in [-0.1, -0.05) is 24.3 Å². The summed E-state index contributed by atoms with van der Waals surface area (Å²) in [4.78, 5) is 0. The molecule has 1 aromatic rings. The Bertz CT molecular complexity index is 350. The van der Waals surface area contributed by atoms with Gasteiger partial charge in [0.05, 0.1) is 5.60 Å². The lowest BCUT2D eigenvalue weighted by Gasteiger charge is -2.24. The average molecular weight is 204 g/mol. The van der Waals surface area contributed by atoms with Gasteiger partial charge in [-0.25, -0.2) is 0 Å². The first-order chi connectivity index (χ1) is 6.97. The molecule has 0 aliphatic rings. The summed E-state index contributed by atoms with van der Waals surface area (Å²) in [6.45, 7) is 9.69. The van der Waals surface area contributed by atoms with Gasteiger partial charge in [-0.05, 0) is 50.3 Å². The van der Waals surface area contributed by atoms with Crippen LogP contribution in [-0.2, 0) is 5.60 Å². The second kappa shape index (κ2) is 4.63. The average Bonchev–Trinajstić information content (AvgIpc) is 2.19. The SMILES string of the molecule is C=CCCC(C)(O)c1ccc(C)c(C)c1. The number of aliphatic hydroxyl groups is 1. The Morgan fingerprint density at radius 2 is 2.00 bits per heavy atom. The predicted octanol–water partition coefficient (Wildman–Crippen LogP) is 3.48. The highest BCUT2D eigenvalue weighted by Crippen LogP contribution is 2.27. The number of allylic oxidation sites excluding steroid dienone is 1. The molecule has 0 saturated carbocycles. The molecule has 0 aliphatic heterocycles. The van der Waals surface area contributed by atoms with Crippen molar-refractivity contribution in [3.63, 3.8) is 0 Å². The number of hydrogen-bond acceptors (Lipinski definition) is 1. The molecule has 0 radical (unpaired) electrons. The summed E-state index contributed by atoms with van der Waals surface area (Å²) in [6, 6.07) is 6.14. The predicted molar refractivity (Wildman–Crippen MR) is 64.9 cm³/mol. The highest BCUT2D eigenvalue weighted by Gasteiger charge is 2.21. The molecule has 0 amide bonds. The van der Waals surface area contributed by atoms with Crippen LogP contribution in [0, 0.1) is 13.8 Å². The summed E-state index contributed by atoms with van der Waals surface area (Å²) in [5.41, 5.74) is 2.74. The van der Waals surface area contributed by atoms with Gasteiger partial charge >= 0.3 is 0 Å². The van der Waals surface area contributed by atoms with Gasteiger partial charge in [0, 0.05) is 0 Å². The summed E-state index contributed by atoms with van der Waals surface area (Å²) in [5.74, 6) is 0. The molecule has 1 atom stereocenters. The highest BCUT2D eigenvalue weighted by atomic mass is 16.3. The van der Waals surface area contributed by atoms with Gasteiger partial charge in [0.15, 0.2) is 0 Å². The molecule has 0 heterocycles. The van der Waals surface area contributed by atoms with E-state index in [1.807, 2.05) is 19.1 Å². The molecule has 1 heteroatoms. The minimum absolute atomic E-state index is 0.721. The van der Waals surface area contributed by atoms with E-state index in [-0.39, 0.29) is 0 Å². The van der Waals surface area contributed by atoms with Crippen molar-refractivity contribution in [2.45, 2.75) is 39.2 Å². The molecule has 0 spiro atoms. The van der Waals surface area contributed by atoms with Crippen molar-refractivity contribution < 1.29 is 5.11 Å². The minimum atomic E-state index is -0.743. The Hall–Kier alpha value is -1.08. The molecular formula is C14H20O. The zero-order chi connectivity index (χ0) is 11.5. The summed E-state index contributed by atoms with van der Waals surface area (Å²) in [6.07, 6.45) is 3.40. The normalized spacial score (nSPS) is 14.7. The number of hydrogen-bond donors (Lipinski definition) is 1. The molecule has 0 bridgehead atoms. The van der Waals surface area contributed by atoms with Crippen LogP contribution in [0.5, 0.6) is 0 Å². The molecule has 0 aromatic heterocycles. The lowest BCUT2D eigenvalue weighted by Crippen LogP contribution is -2.20. The Morgan fingerprint density at radius 3 is 2.53 bits per heavy atom. The van der Waals surface area contributed by atoms with E-state index in [1.165, 1.54) is 11.1 Å². The molecule has 1 N–H and O–H groups in total. The molecule has 82 valence electrons. The van der Waals surface area contributed by atoms with E-state index in [0.717, 1.165) is 18.4 Å². The quantitative estimate of drug-likeness (QED) is 0.744. The number of benzene rings is 1. The third-order valence-corrected chi connectivity index (χ3v) is 2.96. The van der Waals surface area contributed by atoms with Gasteiger partial charge in [0.1, 0.15) is 0 Å². The zero-order valence-electron chi connectivity index (χ0n) is 9.88. The maximum Gasteiger partial charge on any atom is 0.0871 e. The fourth-order valence-corrected chi connectivity index (χ4v) is 1.60. The molecule has 1 nitrogen and oxygen atoms in total. The molecule has 0 aliphatic carbocycles. The lowest BCUT2D eigenvalue weighted by molar-refractivity contribution is 0.0487. The standard InChI is InChI=1S/C14H20O/c1-5-6-9-14(4,15)13-8-7-11(2)12(3)10-13/h5,7-8,10,15H,1,6,9H2,2-4H3. The van der Waals surface area contributed by atoms with Gasteiger partial charge in [0.2, 0.25) is 0 Å². The van der Waals surface area contributed by atoms with Crippen LogP contribution >= 0.6 is 0 Å². The van der Waals surface area contributed by atoms with E-state index in [0.29, 0.717) is 0 Å². The van der Waals surface area contributed by atoms with Crippen LogP contribution in [0.4, 0.5) is 0 Å². The van der Waals surface area contributed by atoms with Gasteiger partial charge in [-0.3, -0.25) is 0 Å².